The highest BCUT2D eigenvalue weighted by Crippen LogP contribution is 2.38. The van der Waals surface area contributed by atoms with Crippen molar-refractivity contribution in [2.45, 2.75) is 33.4 Å². The van der Waals surface area contributed by atoms with Crippen molar-refractivity contribution < 1.29 is 28.5 Å². The van der Waals surface area contributed by atoms with Gasteiger partial charge in [-0.1, -0.05) is 58.8 Å². The van der Waals surface area contributed by atoms with E-state index in [1.807, 2.05) is 49.4 Å². The zero-order valence-corrected chi connectivity index (χ0v) is 26.1. The summed E-state index contributed by atoms with van der Waals surface area (Å²) in [5, 5.41) is 0.321. The van der Waals surface area contributed by atoms with Gasteiger partial charge in [-0.15, -0.1) is 0 Å². The lowest BCUT2D eigenvalue weighted by atomic mass is 9.95. The van der Waals surface area contributed by atoms with Crippen LogP contribution in [0.2, 0.25) is 5.02 Å². The Hall–Kier alpha value is -4.54. The van der Waals surface area contributed by atoms with E-state index in [0.29, 0.717) is 54.2 Å². The van der Waals surface area contributed by atoms with Crippen molar-refractivity contribution in [1.82, 2.24) is 4.57 Å². The first kappa shape index (κ1) is 29.5. The second kappa shape index (κ2) is 12.2. The summed E-state index contributed by atoms with van der Waals surface area (Å²) in [7, 11) is 1.53. The van der Waals surface area contributed by atoms with Gasteiger partial charge in [-0.05, 0) is 67.8 Å². The molecule has 9 nitrogen and oxygen atoms in total. The van der Waals surface area contributed by atoms with Crippen LogP contribution in [-0.2, 0) is 16.1 Å². The molecule has 0 N–H and O–H groups in total. The molecule has 3 aromatic carbocycles. The van der Waals surface area contributed by atoms with E-state index in [0.717, 1.165) is 16.7 Å². The van der Waals surface area contributed by atoms with Crippen molar-refractivity contribution in [2.75, 3.05) is 20.5 Å². The smallest absolute Gasteiger partial charge is 0.338 e. The SMILES string of the molecule is CCOC(=O)C1=C(C)N=c2s/c(=C/c3cc(Cl)c(OCc4ccc5c(c4)OCO5)c(OC)c3)c(=O)n2[C@H]1c1ccc(C)cc1. The minimum absolute atomic E-state index is 0.192. The number of carbonyl (C=O) groups is 1. The maximum Gasteiger partial charge on any atom is 0.338 e. The third-order valence-electron chi connectivity index (χ3n) is 7.28. The van der Waals surface area contributed by atoms with Crippen LogP contribution in [0.1, 0.15) is 42.1 Å². The maximum atomic E-state index is 13.9. The number of aryl methyl sites for hydroxylation is 1. The summed E-state index contributed by atoms with van der Waals surface area (Å²) < 4.78 is 29.8. The van der Waals surface area contributed by atoms with Crippen LogP contribution in [0, 0.1) is 6.92 Å². The van der Waals surface area contributed by atoms with E-state index in [1.54, 1.807) is 36.6 Å². The first-order chi connectivity index (χ1) is 21.3. The van der Waals surface area contributed by atoms with E-state index in [2.05, 4.69) is 4.99 Å². The minimum Gasteiger partial charge on any atom is -0.493 e. The molecule has 2 aliphatic rings. The molecule has 0 fully saturated rings. The normalized spacial score (nSPS) is 15.6. The van der Waals surface area contributed by atoms with Gasteiger partial charge in [-0.25, -0.2) is 9.79 Å². The Morgan fingerprint density at radius 2 is 1.89 bits per heavy atom. The topological polar surface area (TPSA) is 97.6 Å². The maximum absolute atomic E-state index is 13.9. The van der Waals surface area contributed by atoms with Gasteiger partial charge < -0.3 is 23.7 Å². The minimum atomic E-state index is -0.682. The van der Waals surface area contributed by atoms with Gasteiger partial charge in [0, 0.05) is 0 Å². The first-order valence-electron chi connectivity index (χ1n) is 13.9. The molecular weight excluding hydrogens is 604 g/mol. The fourth-order valence-electron chi connectivity index (χ4n) is 5.16. The summed E-state index contributed by atoms with van der Waals surface area (Å²) in [4.78, 5) is 32.2. The van der Waals surface area contributed by atoms with Crippen molar-refractivity contribution in [3.8, 4) is 23.0 Å². The fourth-order valence-corrected chi connectivity index (χ4v) is 6.48. The van der Waals surface area contributed by atoms with Gasteiger partial charge in [-0.2, -0.15) is 0 Å². The highest BCUT2D eigenvalue weighted by atomic mass is 35.5. The Morgan fingerprint density at radius 3 is 2.64 bits per heavy atom. The Balaban J connectivity index is 1.37. The van der Waals surface area contributed by atoms with Crippen LogP contribution >= 0.6 is 22.9 Å². The van der Waals surface area contributed by atoms with Gasteiger partial charge in [0.1, 0.15) is 6.61 Å². The van der Waals surface area contributed by atoms with Crippen molar-refractivity contribution in [2.24, 2.45) is 4.99 Å². The average Bonchev–Trinajstić information content (AvgIpc) is 3.59. The second-order valence-electron chi connectivity index (χ2n) is 10.2. The van der Waals surface area contributed by atoms with Crippen molar-refractivity contribution in [3.63, 3.8) is 0 Å². The predicted molar refractivity (Wildman–Crippen MR) is 166 cm³/mol. The number of benzene rings is 3. The Morgan fingerprint density at radius 1 is 1.11 bits per heavy atom. The van der Waals surface area contributed by atoms with E-state index in [9.17, 15) is 9.59 Å². The quantitative estimate of drug-likeness (QED) is 0.250. The van der Waals surface area contributed by atoms with Crippen molar-refractivity contribution in [1.29, 1.82) is 0 Å². The Kier molecular flexibility index (Phi) is 8.20. The lowest BCUT2D eigenvalue weighted by Crippen LogP contribution is -2.39. The first-order valence-corrected chi connectivity index (χ1v) is 15.1. The van der Waals surface area contributed by atoms with Gasteiger partial charge in [-0.3, -0.25) is 9.36 Å². The second-order valence-corrected chi connectivity index (χ2v) is 11.6. The molecule has 226 valence electrons. The molecule has 0 saturated heterocycles. The molecule has 1 aromatic heterocycles. The van der Waals surface area contributed by atoms with Gasteiger partial charge >= 0.3 is 5.97 Å². The third-order valence-corrected chi connectivity index (χ3v) is 8.54. The molecule has 0 spiro atoms. The number of allylic oxidation sites excluding steroid dienone is 1. The summed E-state index contributed by atoms with van der Waals surface area (Å²) in [6.07, 6.45) is 1.73. The van der Waals surface area contributed by atoms with Crippen LogP contribution in [0.25, 0.3) is 6.08 Å². The summed E-state index contributed by atoms with van der Waals surface area (Å²) >= 11 is 7.91. The number of esters is 1. The van der Waals surface area contributed by atoms with E-state index in [-0.39, 0.29) is 25.6 Å². The van der Waals surface area contributed by atoms with E-state index < -0.39 is 12.0 Å². The number of carbonyl (C=O) groups excluding carboxylic acids is 1. The number of hydrogen-bond acceptors (Lipinski definition) is 9. The number of fused-ring (bicyclic) bond motifs is 2. The van der Waals surface area contributed by atoms with Crippen LogP contribution in [0.3, 0.4) is 0 Å². The van der Waals surface area contributed by atoms with Crippen LogP contribution in [0.4, 0.5) is 0 Å². The van der Waals surface area contributed by atoms with Crippen LogP contribution in [0.15, 0.2) is 75.7 Å². The van der Waals surface area contributed by atoms with E-state index in [4.69, 9.17) is 35.3 Å². The number of methoxy groups -OCH3 is 1. The van der Waals surface area contributed by atoms with Crippen molar-refractivity contribution in [3.05, 3.63) is 113 Å². The molecule has 0 amide bonds. The molecule has 4 aromatic rings. The number of halogens is 1. The molecule has 2 aliphatic heterocycles. The van der Waals surface area contributed by atoms with Crippen molar-refractivity contribution >= 4 is 35.0 Å². The molecule has 0 saturated carbocycles. The van der Waals surface area contributed by atoms with Gasteiger partial charge in [0.05, 0.1) is 40.6 Å². The van der Waals surface area contributed by atoms with E-state index in [1.165, 1.54) is 18.4 Å². The molecule has 0 aliphatic carbocycles. The zero-order chi connectivity index (χ0) is 31.0. The van der Waals surface area contributed by atoms with Gasteiger partial charge in [0.2, 0.25) is 6.79 Å². The van der Waals surface area contributed by atoms with Crippen LogP contribution in [0.5, 0.6) is 23.0 Å². The lowest BCUT2D eigenvalue weighted by molar-refractivity contribution is -0.139. The zero-order valence-electron chi connectivity index (χ0n) is 24.5. The van der Waals surface area contributed by atoms with Crippen LogP contribution < -0.4 is 33.8 Å². The lowest BCUT2D eigenvalue weighted by Gasteiger charge is -2.24. The molecule has 6 rings (SSSR count). The molecule has 0 unspecified atom stereocenters. The Bertz CT molecular complexity index is 1980. The fraction of sp³-hybridized carbons (Fsp3) is 0.242. The third kappa shape index (κ3) is 5.58. The summed E-state index contributed by atoms with van der Waals surface area (Å²) in [5.41, 5.74) is 3.92. The molecular formula is C33H29ClN2O7S. The van der Waals surface area contributed by atoms with Crippen LogP contribution in [-0.4, -0.2) is 31.0 Å². The number of nitrogens with zero attached hydrogens (tertiary/aromatic N) is 2. The number of rotatable bonds is 8. The molecule has 11 heteroatoms. The van der Waals surface area contributed by atoms with Gasteiger partial charge in [0.15, 0.2) is 27.8 Å². The standard InChI is InChI=1S/C33H29ClN2O7S/c1-5-40-32(38)28-19(3)35-33-36(29(28)22-9-6-18(2)7-10-22)31(37)27(44-33)15-21-12-23(34)30(26(14-21)39-4)41-16-20-8-11-24-25(13-20)43-17-42-24/h6-15,29H,5,16-17H2,1-4H3/b27-15+/t29-/m0/s1. The van der Waals surface area contributed by atoms with Gasteiger partial charge in [0.25, 0.3) is 5.56 Å². The van der Waals surface area contributed by atoms with E-state index >= 15 is 0 Å². The molecule has 44 heavy (non-hydrogen) atoms. The number of aromatic nitrogens is 1. The average molecular weight is 633 g/mol. The number of ether oxygens (including phenoxy) is 5. The summed E-state index contributed by atoms with van der Waals surface area (Å²) in [5.74, 6) is 1.64. The summed E-state index contributed by atoms with van der Waals surface area (Å²) in [6.45, 7) is 6.12. The molecule has 0 bridgehead atoms. The predicted octanol–water partition coefficient (Wildman–Crippen LogP) is 5.08. The molecule has 0 radical (unpaired) electrons. The highest BCUT2D eigenvalue weighted by molar-refractivity contribution is 7.07. The largest absolute Gasteiger partial charge is 0.493 e. The number of thiazole rings is 1. The Labute approximate surface area is 262 Å². The molecule has 3 heterocycles. The molecule has 1 atom stereocenters. The summed E-state index contributed by atoms with van der Waals surface area (Å²) in [6, 6.07) is 16.1. The number of hydrogen-bond donors (Lipinski definition) is 0. The monoisotopic (exact) mass is 632 g/mol. The highest BCUT2D eigenvalue weighted by Gasteiger charge is 2.33.